The fraction of sp³-hybridized carbons (Fsp3) is 0.294. The average molecular weight is 370 g/mol. The molecule has 0 atom stereocenters. The van der Waals surface area contributed by atoms with Crippen LogP contribution in [0.2, 0.25) is 0 Å². The van der Waals surface area contributed by atoms with E-state index in [9.17, 15) is 22.8 Å². The summed E-state index contributed by atoms with van der Waals surface area (Å²) in [4.78, 5) is 25.8. The normalized spacial score (nSPS) is 11.2. The number of thiophene rings is 1. The van der Waals surface area contributed by atoms with Crippen LogP contribution in [-0.4, -0.2) is 30.3 Å². The Labute approximate surface area is 147 Å². The van der Waals surface area contributed by atoms with Gasteiger partial charge in [0.05, 0.1) is 10.4 Å². The predicted octanol–water partition coefficient (Wildman–Crippen LogP) is 3.55. The molecule has 0 aliphatic heterocycles. The number of carbonyl (C=O) groups is 2. The van der Waals surface area contributed by atoms with E-state index in [1.807, 2.05) is 0 Å². The van der Waals surface area contributed by atoms with E-state index >= 15 is 0 Å². The third-order valence-electron chi connectivity index (χ3n) is 3.50. The summed E-state index contributed by atoms with van der Waals surface area (Å²) in [6, 6.07) is 8.15. The molecule has 0 aliphatic rings. The summed E-state index contributed by atoms with van der Waals surface area (Å²) in [5.41, 5.74) is -0.118. The Hall–Kier alpha value is -2.35. The topological polar surface area (TPSA) is 49.4 Å². The first kappa shape index (κ1) is 19.0. The Morgan fingerprint density at radius 2 is 1.84 bits per heavy atom. The number of hydrogen-bond acceptors (Lipinski definition) is 3. The van der Waals surface area contributed by atoms with E-state index in [0.29, 0.717) is 10.4 Å². The second-order valence-electron chi connectivity index (χ2n) is 5.43. The second kappa shape index (κ2) is 8.15. The Balaban J connectivity index is 1.79. The molecule has 4 nitrogen and oxygen atoms in total. The maximum absolute atomic E-state index is 12.5. The number of hydrogen-bond donors (Lipinski definition) is 1. The lowest BCUT2D eigenvalue weighted by Crippen LogP contribution is -2.31. The van der Waals surface area contributed by atoms with Crippen LogP contribution in [0.5, 0.6) is 0 Å². The van der Waals surface area contributed by atoms with Crippen molar-refractivity contribution in [1.82, 2.24) is 10.2 Å². The molecule has 0 saturated carbocycles. The molecule has 0 bridgehead atoms. The van der Waals surface area contributed by atoms with Gasteiger partial charge in [0, 0.05) is 26.6 Å². The quantitative estimate of drug-likeness (QED) is 0.846. The van der Waals surface area contributed by atoms with E-state index < -0.39 is 11.7 Å². The summed E-state index contributed by atoms with van der Waals surface area (Å²) in [6.07, 6.45) is -4.25. The number of nitrogens with one attached hydrogen (secondary N) is 1. The van der Waals surface area contributed by atoms with Crippen molar-refractivity contribution in [1.29, 1.82) is 0 Å². The molecule has 0 saturated heterocycles. The van der Waals surface area contributed by atoms with Gasteiger partial charge in [-0.1, -0.05) is 18.2 Å². The van der Waals surface area contributed by atoms with E-state index in [-0.39, 0.29) is 31.3 Å². The van der Waals surface area contributed by atoms with Gasteiger partial charge in [-0.05, 0) is 29.1 Å². The van der Waals surface area contributed by atoms with Gasteiger partial charge < -0.3 is 10.2 Å². The molecule has 0 spiro atoms. The summed E-state index contributed by atoms with van der Waals surface area (Å²) in [7, 11) is 1.57. The highest BCUT2D eigenvalue weighted by atomic mass is 32.1. The minimum Gasteiger partial charge on any atom is -0.351 e. The SMILES string of the molecule is CN(Cc1ccc(C(F)(F)F)cc1)C(=O)CCNC(=O)c1cccs1. The number of alkyl halides is 3. The van der Waals surface area contributed by atoms with Crippen molar-refractivity contribution in [3.05, 3.63) is 57.8 Å². The predicted molar refractivity (Wildman–Crippen MR) is 89.2 cm³/mol. The molecule has 1 N–H and O–H groups in total. The summed E-state index contributed by atoms with van der Waals surface area (Å²) in [5, 5.41) is 4.45. The fourth-order valence-corrected chi connectivity index (χ4v) is 2.77. The zero-order chi connectivity index (χ0) is 18.4. The van der Waals surface area contributed by atoms with Gasteiger partial charge in [0.25, 0.3) is 5.91 Å². The van der Waals surface area contributed by atoms with Gasteiger partial charge in [-0.3, -0.25) is 9.59 Å². The van der Waals surface area contributed by atoms with Crippen LogP contribution in [0.1, 0.15) is 27.2 Å². The smallest absolute Gasteiger partial charge is 0.351 e. The highest BCUT2D eigenvalue weighted by Gasteiger charge is 2.29. The first-order valence-electron chi connectivity index (χ1n) is 7.49. The van der Waals surface area contributed by atoms with Gasteiger partial charge in [-0.15, -0.1) is 11.3 Å². The molecule has 1 heterocycles. The van der Waals surface area contributed by atoms with Gasteiger partial charge in [0.1, 0.15) is 0 Å². The van der Waals surface area contributed by atoms with Gasteiger partial charge in [-0.25, -0.2) is 0 Å². The lowest BCUT2D eigenvalue weighted by molar-refractivity contribution is -0.137. The molecule has 0 aliphatic carbocycles. The Morgan fingerprint density at radius 1 is 1.16 bits per heavy atom. The fourth-order valence-electron chi connectivity index (χ4n) is 2.13. The Morgan fingerprint density at radius 3 is 2.40 bits per heavy atom. The van der Waals surface area contributed by atoms with Crippen LogP contribution in [-0.2, 0) is 17.5 Å². The van der Waals surface area contributed by atoms with Crippen molar-refractivity contribution in [3.63, 3.8) is 0 Å². The number of amides is 2. The van der Waals surface area contributed by atoms with Crippen LogP contribution in [0.3, 0.4) is 0 Å². The van der Waals surface area contributed by atoms with Gasteiger partial charge >= 0.3 is 6.18 Å². The minimum absolute atomic E-state index is 0.119. The molecule has 0 fully saturated rings. The summed E-state index contributed by atoms with van der Waals surface area (Å²) in [5.74, 6) is -0.431. The average Bonchev–Trinajstić information content (AvgIpc) is 3.08. The second-order valence-corrected chi connectivity index (χ2v) is 6.38. The third-order valence-corrected chi connectivity index (χ3v) is 4.36. The van der Waals surface area contributed by atoms with Crippen molar-refractivity contribution in [2.75, 3.05) is 13.6 Å². The molecular formula is C17H17F3N2O2S. The van der Waals surface area contributed by atoms with E-state index in [0.717, 1.165) is 12.1 Å². The van der Waals surface area contributed by atoms with Crippen molar-refractivity contribution >= 4 is 23.2 Å². The number of carbonyl (C=O) groups excluding carboxylic acids is 2. The van der Waals surface area contributed by atoms with Crippen molar-refractivity contribution < 1.29 is 22.8 Å². The van der Waals surface area contributed by atoms with Crippen molar-refractivity contribution in [3.8, 4) is 0 Å². The van der Waals surface area contributed by atoms with Crippen molar-refractivity contribution in [2.45, 2.75) is 19.1 Å². The number of rotatable bonds is 6. The molecule has 2 aromatic rings. The summed E-state index contributed by atoms with van der Waals surface area (Å²) >= 11 is 1.31. The maximum atomic E-state index is 12.5. The van der Waals surface area contributed by atoms with Crippen LogP contribution < -0.4 is 5.32 Å². The molecular weight excluding hydrogens is 353 g/mol. The Kier molecular flexibility index (Phi) is 6.19. The molecule has 0 radical (unpaired) electrons. The van der Waals surface area contributed by atoms with E-state index in [1.165, 1.54) is 28.4 Å². The zero-order valence-electron chi connectivity index (χ0n) is 13.5. The molecule has 1 aromatic carbocycles. The van der Waals surface area contributed by atoms with Gasteiger partial charge in [-0.2, -0.15) is 13.2 Å². The summed E-state index contributed by atoms with van der Waals surface area (Å²) in [6.45, 7) is 0.406. The zero-order valence-corrected chi connectivity index (χ0v) is 14.3. The molecule has 8 heteroatoms. The van der Waals surface area contributed by atoms with Crippen LogP contribution in [0.15, 0.2) is 41.8 Å². The largest absolute Gasteiger partial charge is 0.416 e. The number of benzene rings is 1. The Bertz CT molecular complexity index is 712. The summed E-state index contributed by atoms with van der Waals surface area (Å²) < 4.78 is 37.6. The number of halogens is 3. The highest BCUT2D eigenvalue weighted by molar-refractivity contribution is 7.12. The van der Waals surface area contributed by atoms with Crippen LogP contribution in [0.25, 0.3) is 0 Å². The molecule has 0 unspecified atom stereocenters. The standard InChI is InChI=1S/C17H17F3N2O2S/c1-22(11-12-4-6-13(7-5-12)17(18,19)20)15(23)8-9-21-16(24)14-3-2-10-25-14/h2-7,10H,8-9,11H2,1H3,(H,21,24). The van der Waals surface area contributed by atoms with Gasteiger partial charge in [0.2, 0.25) is 5.91 Å². The monoisotopic (exact) mass is 370 g/mol. The highest BCUT2D eigenvalue weighted by Crippen LogP contribution is 2.29. The van der Waals surface area contributed by atoms with E-state index in [1.54, 1.807) is 24.6 Å². The molecule has 25 heavy (non-hydrogen) atoms. The molecule has 2 amide bonds. The first-order chi connectivity index (χ1) is 11.8. The molecule has 2 rings (SSSR count). The lowest BCUT2D eigenvalue weighted by atomic mass is 10.1. The molecule has 134 valence electrons. The van der Waals surface area contributed by atoms with E-state index in [2.05, 4.69) is 5.32 Å². The number of nitrogens with zero attached hydrogens (tertiary/aromatic N) is 1. The van der Waals surface area contributed by atoms with Crippen LogP contribution >= 0.6 is 11.3 Å². The first-order valence-corrected chi connectivity index (χ1v) is 8.37. The maximum Gasteiger partial charge on any atom is 0.416 e. The third kappa shape index (κ3) is 5.60. The van der Waals surface area contributed by atoms with E-state index in [4.69, 9.17) is 0 Å². The lowest BCUT2D eigenvalue weighted by Gasteiger charge is -2.18. The minimum atomic E-state index is -4.37. The van der Waals surface area contributed by atoms with Crippen LogP contribution in [0.4, 0.5) is 13.2 Å². The van der Waals surface area contributed by atoms with Crippen LogP contribution in [0, 0.1) is 0 Å². The van der Waals surface area contributed by atoms with Gasteiger partial charge in [0.15, 0.2) is 0 Å². The molecule has 1 aromatic heterocycles. The van der Waals surface area contributed by atoms with Crippen molar-refractivity contribution in [2.24, 2.45) is 0 Å².